The molecule has 1 N–H and O–H groups in total. The van der Waals surface area contributed by atoms with Crippen molar-refractivity contribution in [2.75, 3.05) is 0 Å². The van der Waals surface area contributed by atoms with Crippen LogP contribution in [0.4, 0.5) is 0 Å². The van der Waals surface area contributed by atoms with E-state index in [1.807, 2.05) is 0 Å². The monoisotopic (exact) mass is 570 g/mol. The zero-order valence-corrected chi connectivity index (χ0v) is 29.2. The van der Waals surface area contributed by atoms with Gasteiger partial charge >= 0.3 is 0 Å². The third-order valence-electron chi connectivity index (χ3n) is 15.1. The number of aliphatic hydroxyl groups is 1. The summed E-state index contributed by atoms with van der Waals surface area (Å²) in [6.45, 7) is 29.5. The summed E-state index contributed by atoms with van der Waals surface area (Å²) < 4.78 is 7.20. The van der Waals surface area contributed by atoms with E-state index in [1.165, 1.54) is 37.5 Å². The molecular weight excluding hydrogens is 508 g/mol. The average molecular weight is 571 g/mol. The van der Waals surface area contributed by atoms with E-state index in [-0.39, 0.29) is 32.6 Å². The number of carbonyl (C=O) groups excluding carboxylic acids is 1. The van der Waals surface area contributed by atoms with Gasteiger partial charge in [0.2, 0.25) is 0 Å². The molecule has 5 aliphatic rings. The minimum absolute atomic E-state index is 0.0592. The Bertz CT molecular complexity index is 1070. The smallest absolute Gasteiger partial charge is 0.192 e. The fraction of sp³-hybridized carbons (Fsp3) is 0.917. The second-order valence-electron chi connectivity index (χ2n) is 18.9. The molecule has 0 saturated heterocycles. The van der Waals surface area contributed by atoms with E-state index in [9.17, 15) is 9.90 Å². The van der Waals surface area contributed by atoms with E-state index in [2.05, 4.69) is 88.4 Å². The van der Waals surface area contributed by atoms with E-state index in [4.69, 9.17) is 4.43 Å². The summed E-state index contributed by atoms with van der Waals surface area (Å²) in [6, 6.07) is 0. The summed E-state index contributed by atoms with van der Waals surface area (Å²) in [4.78, 5) is 12.8. The van der Waals surface area contributed by atoms with Crippen LogP contribution >= 0.6 is 0 Å². The van der Waals surface area contributed by atoms with E-state index in [0.717, 1.165) is 32.1 Å². The molecule has 4 heteroatoms. The number of aldehydes is 1. The quantitative estimate of drug-likeness (QED) is 0.209. The van der Waals surface area contributed by atoms with Gasteiger partial charge in [-0.25, -0.2) is 0 Å². The predicted molar refractivity (Wildman–Crippen MR) is 169 cm³/mol. The van der Waals surface area contributed by atoms with Crippen molar-refractivity contribution < 1.29 is 14.3 Å². The molecule has 4 saturated carbocycles. The number of hydrogen-bond acceptors (Lipinski definition) is 3. The number of hydrogen-bond donors (Lipinski definition) is 1. The molecule has 0 aromatic heterocycles. The molecule has 0 amide bonds. The van der Waals surface area contributed by atoms with E-state index >= 15 is 0 Å². The summed E-state index contributed by atoms with van der Waals surface area (Å²) in [5.74, 6) is 1.48. The van der Waals surface area contributed by atoms with Gasteiger partial charge in [-0.15, -0.1) is 0 Å². The number of carbonyl (C=O) groups is 1. The molecule has 40 heavy (non-hydrogen) atoms. The highest BCUT2D eigenvalue weighted by molar-refractivity contribution is 6.74. The molecule has 0 radical (unpaired) electrons. The Kier molecular flexibility index (Phi) is 7.00. The van der Waals surface area contributed by atoms with E-state index < -0.39 is 19.8 Å². The van der Waals surface area contributed by atoms with Crippen LogP contribution in [0.5, 0.6) is 0 Å². The summed E-state index contributed by atoms with van der Waals surface area (Å²) in [7, 11) is -1.85. The predicted octanol–water partition coefficient (Wildman–Crippen LogP) is 9.35. The first-order chi connectivity index (χ1) is 18.1. The lowest BCUT2D eigenvalue weighted by Crippen LogP contribution is -2.66. The van der Waals surface area contributed by atoms with Gasteiger partial charge in [-0.3, -0.25) is 0 Å². The van der Waals surface area contributed by atoms with Crippen LogP contribution in [0.3, 0.4) is 0 Å². The molecule has 9 atom stereocenters. The first-order valence-corrected chi connectivity index (χ1v) is 19.5. The molecule has 3 unspecified atom stereocenters. The molecule has 4 fully saturated rings. The van der Waals surface area contributed by atoms with Crippen molar-refractivity contribution in [2.45, 2.75) is 157 Å². The highest BCUT2D eigenvalue weighted by Crippen LogP contribution is 2.75. The fourth-order valence-corrected chi connectivity index (χ4v) is 12.9. The minimum Gasteiger partial charge on any atom is -0.413 e. The second-order valence-corrected chi connectivity index (χ2v) is 23.6. The molecule has 0 bridgehead atoms. The molecule has 0 heterocycles. The van der Waals surface area contributed by atoms with Crippen molar-refractivity contribution in [1.29, 1.82) is 0 Å². The largest absolute Gasteiger partial charge is 0.413 e. The van der Waals surface area contributed by atoms with Gasteiger partial charge in [-0.2, -0.15) is 0 Å². The maximum absolute atomic E-state index is 12.8. The van der Waals surface area contributed by atoms with Crippen molar-refractivity contribution in [3.05, 3.63) is 11.6 Å². The van der Waals surface area contributed by atoms with Crippen molar-refractivity contribution in [3.63, 3.8) is 0 Å². The number of fused-ring (bicyclic) bond motifs is 7. The average Bonchev–Trinajstić information content (AvgIpc) is 2.80. The van der Waals surface area contributed by atoms with Crippen LogP contribution in [-0.2, 0) is 9.22 Å². The minimum atomic E-state index is -1.85. The Morgan fingerprint density at radius 1 is 0.925 bits per heavy atom. The molecule has 0 aromatic rings. The molecular formula is C36H62O3Si. The lowest BCUT2D eigenvalue weighted by Gasteiger charge is -2.71. The maximum atomic E-state index is 12.8. The fourth-order valence-electron chi connectivity index (χ4n) is 11.4. The van der Waals surface area contributed by atoms with Gasteiger partial charge in [0.15, 0.2) is 8.32 Å². The van der Waals surface area contributed by atoms with Crippen LogP contribution in [0.25, 0.3) is 0 Å². The Hall–Kier alpha value is -0.453. The van der Waals surface area contributed by atoms with E-state index in [0.29, 0.717) is 23.4 Å². The summed E-state index contributed by atoms with van der Waals surface area (Å²) in [5.41, 5.74) is 1.76. The third kappa shape index (κ3) is 4.03. The van der Waals surface area contributed by atoms with Gasteiger partial charge in [0, 0.05) is 0 Å². The van der Waals surface area contributed by atoms with Crippen LogP contribution < -0.4 is 0 Å². The van der Waals surface area contributed by atoms with Crippen LogP contribution in [-0.4, -0.2) is 31.9 Å². The van der Waals surface area contributed by atoms with Gasteiger partial charge in [-0.1, -0.05) is 80.9 Å². The number of rotatable bonds is 3. The summed E-state index contributed by atoms with van der Waals surface area (Å²) in [5, 5.41) is 11.6. The molecule has 0 aliphatic heterocycles. The highest BCUT2D eigenvalue weighted by atomic mass is 28.4. The molecule has 228 valence electrons. The topological polar surface area (TPSA) is 46.5 Å². The lowest BCUT2D eigenvalue weighted by atomic mass is 9.33. The number of aliphatic hydroxyl groups excluding tert-OH is 1. The molecule has 3 nitrogen and oxygen atoms in total. The van der Waals surface area contributed by atoms with Crippen molar-refractivity contribution in [2.24, 2.45) is 50.2 Å². The van der Waals surface area contributed by atoms with Crippen molar-refractivity contribution in [3.8, 4) is 0 Å². The summed E-state index contributed by atoms with van der Waals surface area (Å²) >= 11 is 0. The molecule has 0 aromatic carbocycles. The SMILES string of the molecule is CC1(C)CC2C3=CCC4[C@@]5(C)CC[C@H](O[Si](C)(C)C(C)(C)C)C(C)(C)C5CC[C@@]4(C)[C@]3(C)CC[C@@]2(C=O)[C@@H](O)C1. The van der Waals surface area contributed by atoms with Crippen LogP contribution in [0.15, 0.2) is 11.6 Å². The zero-order valence-electron chi connectivity index (χ0n) is 28.2. The Balaban J connectivity index is 1.51. The summed E-state index contributed by atoms with van der Waals surface area (Å²) in [6.07, 6.45) is 13.3. The van der Waals surface area contributed by atoms with Gasteiger partial charge in [0.1, 0.15) is 6.29 Å². The molecule has 5 rings (SSSR count). The third-order valence-corrected chi connectivity index (χ3v) is 19.6. The first-order valence-electron chi connectivity index (χ1n) is 16.6. The Morgan fingerprint density at radius 2 is 1.57 bits per heavy atom. The van der Waals surface area contributed by atoms with E-state index in [1.54, 1.807) is 0 Å². The highest BCUT2D eigenvalue weighted by Gasteiger charge is 2.69. The van der Waals surface area contributed by atoms with Crippen molar-refractivity contribution in [1.82, 2.24) is 0 Å². The van der Waals surface area contributed by atoms with Crippen LogP contribution in [0.2, 0.25) is 18.1 Å². The normalized spacial score (nSPS) is 48.1. The second kappa shape index (κ2) is 9.04. The van der Waals surface area contributed by atoms with Gasteiger partial charge in [0.05, 0.1) is 17.6 Å². The van der Waals surface area contributed by atoms with Crippen LogP contribution in [0.1, 0.15) is 127 Å². The lowest BCUT2D eigenvalue weighted by molar-refractivity contribution is -0.205. The van der Waals surface area contributed by atoms with Gasteiger partial charge in [0.25, 0.3) is 0 Å². The number of allylic oxidation sites excluding steroid dienone is 2. The molecule has 5 aliphatic carbocycles. The van der Waals surface area contributed by atoms with Crippen molar-refractivity contribution >= 4 is 14.6 Å². The zero-order chi connectivity index (χ0) is 29.9. The van der Waals surface area contributed by atoms with Gasteiger partial charge in [-0.05, 0) is 121 Å². The Labute approximate surface area is 247 Å². The first kappa shape index (κ1) is 31.0. The molecule has 0 spiro atoms. The standard InChI is InChI=1S/C36H62O3Si/c1-30(2,3)40(11,12)39-29-16-17-33(8)26(32(29,6)7)15-18-35(10)27(33)14-13-24-25-21-31(4,5)22-28(38)36(25,23-37)20-19-34(24,35)9/h13,23,25-29,38H,14-22H2,1-12H3/t25?,26?,27?,28-,29-,33-,34+,35+,36-/m0/s1. The Morgan fingerprint density at radius 3 is 2.17 bits per heavy atom. The van der Waals surface area contributed by atoms with Gasteiger partial charge < -0.3 is 14.3 Å². The maximum Gasteiger partial charge on any atom is 0.192 e. The van der Waals surface area contributed by atoms with Crippen LogP contribution in [0, 0.1) is 50.2 Å².